The van der Waals surface area contributed by atoms with Crippen LogP contribution in [0.3, 0.4) is 0 Å². The highest BCUT2D eigenvalue weighted by atomic mass is 16.5. The zero-order valence-electron chi connectivity index (χ0n) is 12.5. The molecule has 3 nitrogen and oxygen atoms in total. The van der Waals surface area contributed by atoms with Crippen LogP contribution < -0.4 is 10.5 Å². The molecule has 20 heavy (non-hydrogen) atoms. The van der Waals surface area contributed by atoms with E-state index in [1.165, 1.54) is 44.2 Å². The Bertz CT molecular complexity index is 460. The largest absolute Gasteiger partial charge is 0.496 e. The second kappa shape index (κ2) is 6.15. The van der Waals surface area contributed by atoms with Crippen molar-refractivity contribution >= 4 is 0 Å². The van der Waals surface area contributed by atoms with Crippen LogP contribution in [0.1, 0.15) is 43.2 Å². The maximum atomic E-state index is 5.74. The number of likely N-dealkylation sites (tertiary alicyclic amines) is 1. The summed E-state index contributed by atoms with van der Waals surface area (Å²) < 4.78 is 5.45. The molecule has 2 aliphatic rings. The highest BCUT2D eigenvalue weighted by molar-refractivity contribution is 5.37. The minimum absolute atomic E-state index is 0.540. The van der Waals surface area contributed by atoms with Gasteiger partial charge in [0.15, 0.2) is 0 Å². The van der Waals surface area contributed by atoms with Crippen LogP contribution in [0.25, 0.3) is 0 Å². The van der Waals surface area contributed by atoms with Crippen molar-refractivity contribution in [1.29, 1.82) is 0 Å². The van der Waals surface area contributed by atoms with Gasteiger partial charge in [0, 0.05) is 24.7 Å². The lowest BCUT2D eigenvalue weighted by Gasteiger charge is -2.31. The minimum atomic E-state index is 0.540. The smallest absolute Gasteiger partial charge is 0.123 e. The number of hydrogen-bond acceptors (Lipinski definition) is 3. The van der Waals surface area contributed by atoms with E-state index < -0.39 is 0 Å². The van der Waals surface area contributed by atoms with E-state index in [0.717, 1.165) is 29.8 Å². The lowest BCUT2D eigenvalue weighted by Crippen LogP contribution is -2.34. The van der Waals surface area contributed by atoms with Gasteiger partial charge in [-0.05, 0) is 43.4 Å². The maximum absolute atomic E-state index is 5.74. The Balaban J connectivity index is 1.71. The highest BCUT2D eigenvalue weighted by Crippen LogP contribution is 2.37. The van der Waals surface area contributed by atoms with Crippen LogP contribution in [-0.2, 0) is 13.1 Å². The summed E-state index contributed by atoms with van der Waals surface area (Å²) in [5.74, 6) is 1.89. The standard InChI is InChI=1S/C17H26N2O/c1-20-17-10-13(6-7-15(17)11-18)12-19-9-8-14-4-2-3-5-16(14)19/h6-7,10,14,16H,2-5,8-9,11-12,18H2,1H3. The fourth-order valence-electron chi connectivity index (χ4n) is 3.99. The van der Waals surface area contributed by atoms with E-state index in [4.69, 9.17) is 10.5 Å². The summed E-state index contributed by atoms with van der Waals surface area (Å²) in [5.41, 5.74) is 8.18. The Hall–Kier alpha value is -1.06. The van der Waals surface area contributed by atoms with Gasteiger partial charge in [-0.1, -0.05) is 25.0 Å². The SMILES string of the molecule is COc1cc(CN2CCC3CCCCC32)ccc1CN. The van der Waals surface area contributed by atoms with E-state index in [2.05, 4.69) is 23.1 Å². The van der Waals surface area contributed by atoms with Crippen molar-refractivity contribution in [3.63, 3.8) is 0 Å². The van der Waals surface area contributed by atoms with E-state index in [0.29, 0.717) is 6.54 Å². The molecule has 1 saturated carbocycles. The first-order chi connectivity index (χ1) is 9.81. The molecule has 3 rings (SSSR count). The van der Waals surface area contributed by atoms with Crippen LogP contribution in [0.2, 0.25) is 0 Å². The van der Waals surface area contributed by atoms with Crippen molar-refractivity contribution in [2.24, 2.45) is 11.7 Å². The first-order valence-corrected chi connectivity index (χ1v) is 7.91. The van der Waals surface area contributed by atoms with Gasteiger partial charge in [-0.15, -0.1) is 0 Å². The molecule has 0 spiro atoms. The predicted octanol–water partition coefficient (Wildman–Crippen LogP) is 2.92. The van der Waals surface area contributed by atoms with Crippen LogP contribution in [0.4, 0.5) is 0 Å². The first kappa shape index (κ1) is 13.9. The number of ether oxygens (including phenoxy) is 1. The average Bonchev–Trinajstić information content (AvgIpc) is 2.90. The summed E-state index contributed by atoms with van der Waals surface area (Å²) in [4.78, 5) is 2.68. The third kappa shape index (κ3) is 2.70. The van der Waals surface area contributed by atoms with Crippen molar-refractivity contribution in [2.45, 2.75) is 51.2 Å². The van der Waals surface area contributed by atoms with Crippen molar-refractivity contribution in [1.82, 2.24) is 4.90 Å². The molecule has 1 heterocycles. The number of nitrogens with two attached hydrogens (primary N) is 1. The third-order valence-electron chi connectivity index (χ3n) is 5.08. The minimum Gasteiger partial charge on any atom is -0.496 e. The summed E-state index contributed by atoms with van der Waals surface area (Å²) in [6.07, 6.45) is 7.07. The van der Waals surface area contributed by atoms with Gasteiger partial charge in [-0.2, -0.15) is 0 Å². The number of benzene rings is 1. The molecule has 1 saturated heterocycles. The third-order valence-corrected chi connectivity index (χ3v) is 5.08. The molecule has 2 unspecified atom stereocenters. The Kier molecular flexibility index (Phi) is 4.27. The Morgan fingerprint density at radius 3 is 2.90 bits per heavy atom. The molecule has 1 aromatic rings. The fourth-order valence-corrected chi connectivity index (χ4v) is 3.99. The first-order valence-electron chi connectivity index (χ1n) is 7.91. The normalized spacial score (nSPS) is 26.5. The predicted molar refractivity (Wildman–Crippen MR) is 81.7 cm³/mol. The van der Waals surface area contributed by atoms with Crippen molar-refractivity contribution < 1.29 is 4.74 Å². The average molecular weight is 274 g/mol. The molecular formula is C17H26N2O. The van der Waals surface area contributed by atoms with Gasteiger partial charge in [0.1, 0.15) is 5.75 Å². The van der Waals surface area contributed by atoms with Gasteiger partial charge >= 0.3 is 0 Å². The van der Waals surface area contributed by atoms with E-state index in [9.17, 15) is 0 Å². The summed E-state index contributed by atoms with van der Waals surface area (Å²) in [6, 6.07) is 7.31. The molecule has 1 aromatic carbocycles. The number of methoxy groups -OCH3 is 1. The van der Waals surface area contributed by atoms with E-state index in [-0.39, 0.29) is 0 Å². The number of fused-ring (bicyclic) bond motifs is 1. The molecule has 0 radical (unpaired) electrons. The van der Waals surface area contributed by atoms with Crippen LogP contribution >= 0.6 is 0 Å². The van der Waals surface area contributed by atoms with Crippen molar-refractivity contribution in [2.75, 3.05) is 13.7 Å². The van der Waals surface area contributed by atoms with Crippen LogP contribution in [0.15, 0.2) is 18.2 Å². The topological polar surface area (TPSA) is 38.5 Å². The maximum Gasteiger partial charge on any atom is 0.123 e. The number of rotatable bonds is 4. The lowest BCUT2D eigenvalue weighted by atomic mass is 9.85. The Morgan fingerprint density at radius 1 is 1.25 bits per heavy atom. The monoisotopic (exact) mass is 274 g/mol. The molecule has 1 aliphatic heterocycles. The van der Waals surface area contributed by atoms with Gasteiger partial charge in [0.25, 0.3) is 0 Å². The van der Waals surface area contributed by atoms with Crippen LogP contribution in [-0.4, -0.2) is 24.6 Å². The summed E-state index contributed by atoms with van der Waals surface area (Å²) in [7, 11) is 1.73. The van der Waals surface area contributed by atoms with Gasteiger partial charge in [-0.25, -0.2) is 0 Å². The number of hydrogen-bond donors (Lipinski definition) is 1. The van der Waals surface area contributed by atoms with Gasteiger partial charge < -0.3 is 10.5 Å². The van der Waals surface area contributed by atoms with Crippen LogP contribution in [0, 0.1) is 5.92 Å². The zero-order valence-corrected chi connectivity index (χ0v) is 12.5. The molecule has 2 N–H and O–H groups in total. The second-order valence-electron chi connectivity index (χ2n) is 6.22. The summed E-state index contributed by atoms with van der Waals surface area (Å²) in [6.45, 7) is 2.86. The fraction of sp³-hybridized carbons (Fsp3) is 0.647. The molecule has 2 atom stereocenters. The molecule has 0 aromatic heterocycles. The Labute approximate surface area is 122 Å². The zero-order chi connectivity index (χ0) is 13.9. The van der Waals surface area contributed by atoms with Crippen molar-refractivity contribution in [3.8, 4) is 5.75 Å². The lowest BCUT2D eigenvalue weighted by molar-refractivity contribution is 0.176. The van der Waals surface area contributed by atoms with Crippen LogP contribution in [0.5, 0.6) is 5.75 Å². The van der Waals surface area contributed by atoms with Crippen molar-refractivity contribution in [3.05, 3.63) is 29.3 Å². The molecule has 110 valence electrons. The van der Waals surface area contributed by atoms with Gasteiger partial charge in [-0.3, -0.25) is 4.90 Å². The van der Waals surface area contributed by atoms with E-state index >= 15 is 0 Å². The Morgan fingerprint density at radius 2 is 2.10 bits per heavy atom. The van der Waals surface area contributed by atoms with Gasteiger partial charge in [0.05, 0.1) is 7.11 Å². The number of nitrogens with zero attached hydrogens (tertiary/aromatic N) is 1. The molecule has 0 bridgehead atoms. The van der Waals surface area contributed by atoms with E-state index in [1.807, 2.05) is 0 Å². The molecule has 0 amide bonds. The van der Waals surface area contributed by atoms with E-state index in [1.54, 1.807) is 7.11 Å². The quantitative estimate of drug-likeness (QED) is 0.917. The highest BCUT2D eigenvalue weighted by Gasteiger charge is 2.35. The molecule has 1 aliphatic carbocycles. The molecular weight excluding hydrogens is 248 g/mol. The second-order valence-corrected chi connectivity index (χ2v) is 6.22. The van der Waals surface area contributed by atoms with Gasteiger partial charge in [0.2, 0.25) is 0 Å². The summed E-state index contributed by atoms with van der Waals surface area (Å²) >= 11 is 0. The summed E-state index contributed by atoms with van der Waals surface area (Å²) in [5, 5.41) is 0. The molecule has 3 heteroatoms. The molecule has 2 fully saturated rings.